The summed E-state index contributed by atoms with van der Waals surface area (Å²) in [5, 5.41) is 12.4. The summed E-state index contributed by atoms with van der Waals surface area (Å²) in [6, 6.07) is 0.373. The van der Waals surface area contributed by atoms with Crippen molar-refractivity contribution >= 4 is 6.03 Å². The Morgan fingerprint density at radius 3 is 2.48 bits per heavy atom. The van der Waals surface area contributed by atoms with Gasteiger partial charge in [0.1, 0.15) is 0 Å². The maximum absolute atomic E-state index is 12.5. The molecule has 0 aromatic carbocycles. The SMILES string of the molecule is COCCC1(CNC(=O)N(C)C2CCC(CO)CC2)CCCC1. The summed E-state index contributed by atoms with van der Waals surface area (Å²) in [7, 11) is 3.66. The van der Waals surface area contributed by atoms with E-state index < -0.39 is 0 Å². The highest BCUT2D eigenvalue weighted by Crippen LogP contribution is 2.40. The summed E-state index contributed by atoms with van der Waals surface area (Å²) >= 11 is 0. The van der Waals surface area contributed by atoms with Crippen LogP contribution in [0.5, 0.6) is 0 Å². The van der Waals surface area contributed by atoms with Crippen molar-refractivity contribution in [2.24, 2.45) is 11.3 Å². The van der Waals surface area contributed by atoms with Crippen LogP contribution in [0.25, 0.3) is 0 Å². The summed E-state index contributed by atoms with van der Waals surface area (Å²) in [4.78, 5) is 14.4. The van der Waals surface area contributed by atoms with Gasteiger partial charge in [0.15, 0.2) is 0 Å². The Bertz CT molecular complexity index is 361. The fourth-order valence-electron chi connectivity index (χ4n) is 4.23. The molecule has 2 aliphatic rings. The van der Waals surface area contributed by atoms with Crippen molar-refractivity contribution in [1.82, 2.24) is 10.2 Å². The molecule has 0 radical (unpaired) electrons. The number of carbonyl (C=O) groups is 1. The molecule has 0 spiro atoms. The van der Waals surface area contributed by atoms with E-state index in [0.29, 0.717) is 12.0 Å². The van der Waals surface area contributed by atoms with Crippen molar-refractivity contribution < 1.29 is 14.6 Å². The number of amides is 2. The summed E-state index contributed by atoms with van der Waals surface area (Å²) in [5.74, 6) is 0.429. The zero-order valence-electron chi connectivity index (χ0n) is 14.9. The maximum Gasteiger partial charge on any atom is 0.317 e. The smallest absolute Gasteiger partial charge is 0.317 e. The van der Waals surface area contributed by atoms with Gasteiger partial charge in [-0.05, 0) is 56.3 Å². The molecule has 2 N–H and O–H groups in total. The molecule has 0 saturated heterocycles. The summed E-state index contributed by atoms with van der Waals surface area (Å²) < 4.78 is 5.26. The molecular formula is C18H34N2O3. The number of hydrogen-bond donors (Lipinski definition) is 2. The summed E-state index contributed by atoms with van der Waals surface area (Å²) in [6.45, 7) is 1.83. The van der Waals surface area contributed by atoms with Gasteiger partial charge in [-0.2, -0.15) is 0 Å². The molecule has 0 aromatic heterocycles. The highest BCUT2D eigenvalue weighted by Gasteiger charge is 2.34. The maximum atomic E-state index is 12.5. The topological polar surface area (TPSA) is 61.8 Å². The summed E-state index contributed by atoms with van der Waals surface area (Å²) in [6.07, 6.45) is 10.0. The van der Waals surface area contributed by atoms with Crippen LogP contribution in [0.4, 0.5) is 4.79 Å². The van der Waals surface area contributed by atoms with E-state index in [1.54, 1.807) is 7.11 Å². The number of nitrogens with one attached hydrogen (secondary N) is 1. The van der Waals surface area contributed by atoms with E-state index in [-0.39, 0.29) is 18.1 Å². The second kappa shape index (κ2) is 8.88. The predicted molar refractivity (Wildman–Crippen MR) is 91.4 cm³/mol. The number of methoxy groups -OCH3 is 1. The quantitative estimate of drug-likeness (QED) is 0.756. The molecule has 0 unspecified atom stereocenters. The summed E-state index contributed by atoms with van der Waals surface area (Å²) in [5.41, 5.74) is 0.237. The van der Waals surface area contributed by atoms with Gasteiger partial charge in [0, 0.05) is 40.0 Å². The van der Waals surface area contributed by atoms with Gasteiger partial charge in [0.05, 0.1) is 0 Å². The number of aliphatic hydroxyl groups is 1. The van der Waals surface area contributed by atoms with Crippen LogP contribution in [0.2, 0.25) is 0 Å². The monoisotopic (exact) mass is 326 g/mol. The zero-order valence-corrected chi connectivity index (χ0v) is 14.9. The molecule has 2 aliphatic carbocycles. The number of ether oxygens (including phenoxy) is 1. The van der Waals surface area contributed by atoms with Crippen LogP contribution in [0.15, 0.2) is 0 Å². The molecule has 2 saturated carbocycles. The molecule has 0 atom stereocenters. The van der Waals surface area contributed by atoms with Crippen LogP contribution in [-0.4, -0.2) is 56.0 Å². The van der Waals surface area contributed by atoms with E-state index in [0.717, 1.165) is 45.3 Å². The highest BCUT2D eigenvalue weighted by atomic mass is 16.5. The minimum atomic E-state index is 0.0566. The Balaban J connectivity index is 1.78. The normalized spacial score (nSPS) is 26.9. The third-order valence-electron chi connectivity index (χ3n) is 6.06. The Morgan fingerprint density at radius 1 is 1.26 bits per heavy atom. The largest absolute Gasteiger partial charge is 0.396 e. The lowest BCUT2D eigenvalue weighted by atomic mass is 9.83. The molecular weight excluding hydrogens is 292 g/mol. The van der Waals surface area contributed by atoms with E-state index in [1.165, 1.54) is 25.7 Å². The first-order chi connectivity index (χ1) is 11.1. The van der Waals surface area contributed by atoms with Gasteiger partial charge in [-0.25, -0.2) is 4.79 Å². The lowest BCUT2D eigenvalue weighted by Crippen LogP contribution is -2.48. The number of carbonyl (C=O) groups excluding carboxylic acids is 1. The molecule has 2 rings (SSSR count). The van der Waals surface area contributed by atoms with Crippen LogP contribution in [-0.2, 0) is 4.74 Å². The second-order valence-corrected chi connectivity index (χ2v) is 7.58. The van der Waals surface area contributed by atoms with Gasteiger partial charge in [-0.3, -0.25) is 0 Å². The molecule has 5 heteroatoms. The molecule has 23 heavy (non-hydrogen) atoms. The average molecular weight is 326 g/mol. The third-order valence-corrected chi connectivity index (χ3v) is 6.06. The number of hydrogen-bond acceptors (Lipinski definition) is 3. The third kappa shape index (κ3) is 5.08. The second-order valence-electron chi connectivity index (χ2n) is 7.58. The van der Waals surface area contributed by atoms with Crippen LogP contribution < -0.4 is 5.32 Å². The lowest BCUT2D eigenvalue weighted by molar-refractivity contribution is 0.122. The van der Waals surface area contributed by atoms with Crippen molar-refractivity contribution in [3.63, 3.8) is 0 Å². The van der Waals surface area contributed by atoms with Gasteiger partial charge in [-0.15, -0.1) is 0 Å². The van der Waals surface area contributed by atoms with E-state index >= 15 is 0 Å². The van der Waals surface area contributed by atoms with Crippen molar-refractivity contribution in [2.45, 2.75) is 63.8 Å². The highest BCUT2D eigenvalue weighted by molar-refractivity contribution is 5.74. The minimum Gasteiger partial charge on any atom is -0.396 e. The lowest BCUT2D eigenvalue weighted by Gasteiger charge is -2.35. The minimum absolute atomic E-state index is 0.0566. The van der Waals surface area contributed by atoms with Gasteiger partial charge in [-0.1, -0.05) is 12.8 Å². The predicted octanol–water partition coefficient (Wildman–Crippen LogP) is 2.78. The van der Waals surface area contributed by atoms with E-state index in [9.17, 15) is 9.90 Å². The van der Waals surface area contributed by atoms with E-state index in [2.05, 4.69) is 5.32 Å². The van der Waals surface area contributed by atoms with Crippen LogP contribution in [0.1, 0.15) is 57.8 Å². The van der Waals surface area contributed by atoms with Gasteiger partial charge < -0.3 is 20.1 Å². The fourth-order valence-corrected chi connectivity index (χ4v) is 4.23. The van der Waals surface area contributed by atoms with Crippen LogP contribution in [0, 0.1) is 11.3 Å². The van der Waals surface area contributed by atoms with Gasteiger partial charge in [0.25, 0.3) is 0 Å². The van der Waals surface area contributed by atoms with Crippen molar-refractivity contribution in [2.75, 3.05) is 33.9 Å². The van der Waals surface area contributed by atoms with Crippen molar-refractivity contribution in [1.29, 1.82) is 0 Å². The number of urea groups is 1. The van der Waals surface area contributed by atoms with Crippen molar-refractivity contribution in [3.05, 3.63) is 0 Å². The Morgan fingerprint density at radius 2 is 1.91 bits per heavy atom. The molecule has 0 bridgehead atoms. The Hall–Kier alpha value is -0.810. The average Bonchev–Trinajstić information content (AvgIpc) is 3.06. The number of rotatable bonds is 7. The first-order valence-corrected chi connectivity index (χ1v) is 9.21. The fraction of sp³-hybridized carbons (Fsp3) is 0.944. The number of aliphatic hydroxyl groups excluding tert-OH is 1. The molecule has 5 nitrogen and oxygen atoms in total. The van der Waals surface area contributed by atoms with Crippen LogP contribution >= 0.6 is 0 Å². The first-order valence-electron chi connectivity index (χ1n) is 9.21. The first kappa shape index (κ1) is 18.5. The standard InChI is InChI=1S/C18H34N2O3/c1-20(16-7-5-15(13-21)6-8-16)17(22)19-14-18(11-12-23-2)9-3-4-10-18/h15-16,21H,3-14H2,1-2H3,(H,19,22). The van der Waals surface area contributed by atoms with Gasteiger partial charge >= 0.3 is 6.03 Å². The number of nitrogens with zero attached hydrogens (tertiary/aromatic N) is 1. The molecule has 0 aromatic rings. The molecule has 2 fully saturated rings. The van der Waals surface area contributed by atoms with Crippen LogP contribution in [0.3, 0.4) is 0 Å². The molecule has 0 aliphatic heterocycles. The molecule has 2 amide bonds. The molecule has 0 heterocycles. The Kier molecular flexibility index (Phi) is 7.15. The zero-order chi connectivity index (χ0) is 16.7. The van der Waals surface area contributed by atoms with Crippen molar-refractivity contribution in [3.8, 4) is 0 Å². The molecule has 134 valence electrons. The van der Waals surface area contributed by atoms with E-state index in [1.807, 2.05) is 11.9 Å². The van der Waals surface area contributed by atoms with Gasteiger partial charge in [0.2, 0.25) is 0 Å². The Labute approximate surface area is 140 Å². The van der Waals surface area contributed by atoms with E-state index in [4.69, 9.17) is 4.74 Å².